The van der Waals surface area contributed by atoms with Crippen molar-refractivity contribution in [2.24, 2.45) is 5.73 Å². The minimum Gasteiger partial charge on any atom is -0.325 e. The van der Waals surface area contributed by atoms with Crippen molar-refractivity contribution in [3.8, 4) is 0 Å². The molecule has 1 rings (SSSR count). The summed E-state index contributed by atoms with van der Waals surface area (Å²) in [5, 5.41) is 2.07. The monoisotopic (exact) mass is 249 g/mol. The Kier molecular flexibility index (Phi) is 3.77. The first-order valence-corrected chi connectivity index (χ1v) is 6.71. The Balaban J connectivity index is 2.78. The van der Waals surface area contributed by atoms with E-state index in [0.29, 0.717) is 5.01 Å². The molecule has 0 saturated heterocycles. The smallest absolute Gasteiger partial charge is 0.284 e. The summed E-state index contributed by atoms with van der Waals surface area (Å²) in [5.41, 5.74) is 5.40. The van der Waals surface area contributed by atoms with E-state index in [9.17, 15) is 13.2 Å². The van der Waals surface area contributed by atoms with Crippen LogP contribution in [-0.2, 0) is 16.6 Å². The van der Waals surface area contributed by atoms with E-state index in [4.69, 9.17) is 5.73 Å². The molecule has 0 radical (unpaired) electrons. The number of nitrogens with zero attached hydrogens (tertiary/aromatic N) is 1. The van der Waals surface area contributed by atoms with E-state index in [1.54, 1.807) is 0 Å². The third-order valence-corrected chi connectivity index (χ3v) is 3.71. The van der Waals surface area contributed by atoms with Gasteiger partial charge < -0.3 is 5.73 Å². The molecule has 8 heteroatoms. The Labute approximate surface area is 91.6 Å². The zero-order valence-electron chi connectivity index (χ0n) is 8.06. The number of sulfonamides is 1. The summed E-state index contributed by atoms with van der Waals surface area (Å²) in [7, 11) is -3.53. The Morgan fingerprint density at radius 3 is 2.80 bits per heavy atom. The molecule has 0 aliphatic carbocycles. The van der Waals surface area contributed by atoms with Crippen LogP contribution < -0.4 is 10.5 Å². The fourth-order valence-corrected chi connectivity index (χ4v) is 1.96. The van der Waals surface area contributed by atoms with E-state index < -0.39 is 15.9 Å². The number of hydrogen-bond donors (Lipinski definition) is 2. The molecule has 6 nitrogen and oxygen atoms in total. The molecule has 0 aliphatic rings. The number of rotatable bonds is 4. The molecule has 15 heavy (non-hydrogen) atoms. The number of thiazole rings is 1. The number of amides is 1. The van der Waals surface area contributed by atoms with Crippen LogP contribution in [0, 0.1) is 0 Å². The fourth-order valence-electron chi connectivity index (χ4n) is 0.775. The summed E-state index contributed by atoms with van der Waals surface area (Å²) in [6, 6.07) is 0. The maximum absolute atomic E-state index is 11.4. The minimum absolute atomic E-state index is 0.0810. The van der Waals surface area contributed by atoms with E-state index in [1.165, 1.54) is 23.6 Å². The lowest BCUT2D eigenvalue weighted by Crippen LogP contribution is -2.32. The molecule has 0 atom stereocenters. The first-order valence-electron chi connectivity index (χ1n) is 4.17. The average molecular weight is 249 g/mol. The number of hydrogen-bond acceptors (Lipinski definition) is 6. The number of nitrogens with one attached hydrogen (secondary N) is 1. The first-order chi connectivity index (χ1) is 6.98. The normalized spacial score (nSPS) is 11.3. The van der Waals surface area contributed by atoms with Crippen LogP contribution in [-0.4, -0.2) is 25.1 Å². The molecule has 1 aromatic rings. The highest BCUT2D eigenvalue weighted by molar-refractivity contribution is 7.90. The van der Waals surface area contributed by atoms with E-state index in [0.717, 1.165) is 0 Å². The SMILES string of the molecule is CCS(=O)(=O)NC(=O)c1csc(CN)n1. The second kappa shape index (κ2) is 4.69. The molecule has 1 aromatic heterocycles. The van der Waals surface area contributed by atoms with Crippen LogP contribution in [0.5, 0.6) is 0 Å². The third-order valence-electron chi connectivity index (χ3n) is 1.59. The molecule has 0 unspecified atom stereocenters. The highest BCUT2D eigenvalue weighted by Gasteiger charge is 2.16. The highest BCUT2D eigenvalue weighted by Crippen LogP contribution is 2.08. The molecule has 0 spiro atoms. The maximum Gasteiger partial charge on any atom is 0.284 e. The van der Waals surface area contributed by atoms with Gasteiger partial charge in [0.05, 0.1) is 5.75 Å². The topological polar surface area (TPSA) is 102 Å². The van der Waals surface area contributed by atoms with Gasteiger partial charge in [0, 0.05) is 11.9 Å². The van der Waals surface area contributed by atoms with E-state index in [1.807, 2.05) is 4.72 Å². The van der Waals surface area contributed by atoms with Gasteiger partial charge in [-0.1, -0.05) is 0 Å². The maximum atomic E-state index is 11.4. The summed E-state index contributed by atoms with van der Waals surface area (Å²) in [4.78, 5) is 15.2. The van der Waals surface area contributed by atoms with Gasteiger partial charge in [-0.2, -0.15) is 0 Å². The largest absolute Gasteiger partial charge is 0.325 e. The van der Waals surface area contributed by atoms with Crippen LogP contribution >= 0.6 is 11.3 Å². The Morgan fingerprint density at radius 1 is 1.67 bits per heavy atom. The highest BCUT2D eigenvalue weighted by atomic mass is 32.2. The molecule has 84 valence electrons. The predicted octanol–water partition coefficient (Wildman–Crippen LogP) is -0.319. The molecule has 0 bridgehead atoms. The van der Waals surface area contributed by atoms with Crippen LogP contribution in [0.15, 0.2) is 5.38 Å². The van der Waals surface area contributed by atoms with Gasteiger partial charge in [0.1, 0.15) is 10.7 Å². The van der Waals surface area contributed by atoms with Crippen molar-refractivity contribution in [1.29, 1.82) is 0 Å². The second-order valence-corrected chi connectivity index (χ2v) is 5.62. The first kappa shape index (κ1) is 12.1. The average Bonchev–Trinajstić information content (AvgIpc) is 2.65. The van der Waals surface area contributed by atoms with Gasteiger partial charge in [-0.3, -0.25) is 4.79 Å². The fraction of sp³-hybridized carbons (Fsp3) is 0.429. The van der Waals surface area contributed by atoms with Crippen LogP contribution in [0.2, 0.25) is 0 Å². The van der Waals surface area contributed by atoms with Gasteiger partial charge in [0.25, 0.3) is 5.91 Å². The van der Waals surface area contributed by atoms with Crippen molar-refractivity contribution in [1.82, 2.24) is 9.71 Å². The Hall–Kier alpha value is -0.990. The van der Waals surface area contributed by atoms with Crippen LogP contribution in [0.25, 0.3) is 0 Å². The summed E-state index contributed by atoms with van der Waals surface area (Å²) < 4.78 is 24.1. The molecule has 3 N–H and O–H groups in total. The van der Waals surface area contributed by atoms with Crippen LogP contribution in [0.1, 0.15) is 22.4 Å². The van der Waals surface area contributed by atoms with Gasteiger partial charge in [0.2, 0.25) is 10.0 Å². The third kappa shape index (κ3) is 3.26. The van der Waals surface area contributed by atoms with E-state index in [-0.39, 0.29) is 18.0 Å². The summed E-state index contributed by atoms with van der Waals surface area (Å²) >= 11 is 1.22. The Bertz CT molecular complexity index is 452. The second-order valence-electron chi connectivity index (χ2n) is 2.67. The van der Waals surface area contributed by atoms with Crippen molar-refractivity contribution >= 4 is 27.3 Å². The standard InChI is InChI=1S/C7H11N3O3S2/c1-2-15(12,13)10-7(11)5-4-14-6(3-8)9-5/h4H,2-3,8H2,1H3,(H,10,11). The van der Waals surface area contributed by atoms with Crippen molar-refractivity contribution in [2.75, 3.05) is 5.75 Å². The summed E-state index contributed by atoms with van der Waals surface area (Å²) in [5.74, 6) is -0.861. The van der Waals surface area contributed by atoms with Gasteiger partial charge in [-0.05, 0) is 6.92 Å². The van der Waals surface area contributed by atoms with Crippen molar-refractivity contribution in [2.45, 2.75) is 13.5 Å². The molecule has 0 fully saturated rings. The van der Waals surface area contributed by atoms with Crippen molar-refractivity contribution in [3.63, 3.8) is 0 Å². The molecular weight excluding hydrogens is 238 g/mol. The van der Waals surface area contributed by atoms with E-state index in [2.05, 4.69) is 4.98 Å². The molecular formula is C7H11N3O3S2. The number of carbonyl (C=O) groups is 1. The van der Waals surface area contributed by atoms with E-state index >= 15 is 0 Å². The number of aromatic nitrogens is 1. The number of carbonyl (C=O) groups excluding carboxylic acids is 1. The zero-order valence-corrected chi connectivity index (χ0v) is 9.69. The number of nitrogens with two attached hydrogens (primary N) is 1. The zero-order chi connectivity index (χ0) is 11.5. The molecule has 1 amide bonds. The quantitative estimate of drug-likeness (QED) is 0.761. The summed E-state index contributed by atoms with van der Waals surface area (Å²) in [6.45, 7) is 1.68. The molecule has 0 aliphatic heterocycles. The lowest BCUT2D eigenvalue weighted by molar-refractivity contribution is 0.0977. The summed E-state index contributed by atoms with van der Waals surface area (Å²) in [6.07, 6.45) is 0. The lowest BCUT2D eigenvalue weighted by Gasteiger charge is -2.01. The van der Waals surface area contributed by atoms with Crippen LogP contribution in [0.4, 0.5) is 0 Å². The van der Waals surface area contributed by atoms with Gasteiger partial charge in [-0.15, -0.1) is 11.3 Å². The van der Waals surface area contributed by atoms with Gasteiger partial charge in [0.15, 0.2) is 0 Å². The molecule has 0 aromatic carbocycles. The lowest BCUT2D eigenvalue weighted by atomic mass is 10.5. The van der Waals surface area contributed by atoms with Crippen molar-refractivity contribution in [3.05, 3.63) is 16.1 Å². The van der Waals surface area contributed by atoms with Crippen LogP contribution in [0.3, 0.4) is 0 Å². The van der Waals surface area contributed by atoms with Gasteiger partial charge in [-0.25, -0.2) is 18.1 Å². The minimum atomic E-state index is -3.53. The molecule has 0 saturated carbocycles. The Morgan fingerprint density at radius 2 is 2.33 bits per heavy atom. The predicted molar refractivity (Wildman–Crippen MR) is 56.9 cm³/mol. The molecule has 1 heterocycles. The van der Waals surface area contributed by atoms with Gasteiger partial charge >= 0.3 is 0 Å². The van der Waals surface area contributed by atoms with Crippen molar-refractivity contribution < 1.29 is 13.2 Å².